The van der Waals surface area contributed by atoms with Crippen molar-refractivity contribution in [2.45, 2.75) is 38.5 Å². The van der Waals surface area contributed by atoms with Gasteiger partial charge in [0.15, 0.2) is 0 Å². The Morgan fingerprint density at radius 1 is 0.260 bits per heavy atom. The molecule has 0 nitrogen and oxygen atoms in total. The van der Waals surface area contributed by atoms with Crippen molar-refractivity contribution < 1.29 is 0 Å². The molecule has 0 unspecified atom stereocenters. The van der Waals surface area contributed by atoms with Gasteiger partial charge in [-0.15, -0.1) is 0 Å². The summed E-state index contributed by atoms with van der Waals surface area (Å²) < 4.78 is 0. The highest BCUT2D eigenvalue weighted by Crippen LogP contribution is 2.55. The highest BCUT2D eigenvalue weighted by atomic mass is 14.5. The van der Waals surface area contributed by atoms with Crippen LogP contribution in [-0.4, -0.2) is 0 Å². The minimum atomic E-state index is -0.220. The van der Waals surface area contributed by atoms with Crippen molar-refractivity contribution in [2.75, 3.05) is 0 Å². The molecule has 0 spiro atoms. The monoisotopic (exact) mass is 638 g/mol. The van der Waals surface area contributed by atoms with E-state index in [1.165, 1.54) is 98.4 Å². The van der Waals surface area contributed by atoms with E-state index in [0.29, 0.717) is 0 Å². The van der Waals surface area contributed by atoms with Crippen LogP contribution in [0.4, 0.5) is 0 Å². The topological polar surface area (TPSA) is 0 Å². The predicted octanol–water partition coefficient (Wildman–Crippen LogP) is 13.8. The zero-order valence-corrected chi connectivity index (χ0v) is 29.0. The van der Waals surface area contributed by atoms with Gasteiger partial charge in [0.25, 0.3) is 0 Å². The number of hydrogen-bond acceptors (Lipinski definition) is 0. The van der Waals surface area contributed by atoms with Crippen LogP contribution in [0.15, 0.2) is 158 Å². The number of rotatable bonds is 2. The van der Waals surface area contributed by atoms with Gasteiger partial charge in [0.1, 0.15) is 0 Å². The summed E-state index contributed by atoms with van der Waals surface area (Å²) in [5.41, 5.74) is 10.4. The van der Waals surface area contributed by atoms with Gasteiger partial charge in [-0.25, -0.2) is 0 Å². The van der Waals surface area contributed by atoms with Gasteiger partial charge in [-0.05, 0) is 123 Å². The average Bonchev–Trinajstić information content (AvgIpc) is 3.16. The molecule has 0 saturated carbocycles. The van der Waals surface area contributed by atoms with Gasteiger partial charge >= 0.3 is 0 Å². The maximum absolute atomic E-state index is 2.57. The van der Waals surface area contributed by atoms with E-state index in [9.17, 15) is 0 Å². The van der Waals surface area contributed by atoms with Crippen LogP contribution in [0.25, 0.3) is 76.1 Å². The van der Waals surface area contributed by atoms with Crippen molar-refractivity contribution in [3.8, 4) is 22.3 Å². The van der Waals surface area contributed by atoms with Crippen molar-refractivity contribution in [1.82, 2.24) is 0 Å². The van der Waals surface area contributed by atoms with Crippen LogP contribution in [0, 0.1) is 0 Å². The van der Waals surface area contributed by atoms with Crippen LogP contribution in [0.3, 0.4) is 0 Å². The van der Waals surface area contributed by atoms with Crippen LogP contribution >= 0.6 is 0 Å². The molecule has 0 N–H and O–H groups in total. The second-order valence-corrected chi connectivity index (χ2v) is 15.3. The Labute approximate surface area is 293 Å². The Bertz CT molecular complexity index is 2640. The summed E-state index contributed by atoms with van der Waals surface area (Å²) in [4.78, 5) is 0. The third kappa shape index (κ3) is 3.94. The molecule has 10 rings (SSSR count). The minimum absolute atomic E-state index is 0.220. The second-order valence-electron chi connectivity index (χ2n) is 15.3. The first kappa shape index (κ1) is 29.2. The van der Waals surface area contributed by atoms with E-state index in [2.05, 4.69) is 185 Å². The van der Waals surface area contributed by atoms with E-state index in [-0.39, 0.29) is 10.8 Å². The van der Waals surface area contributed by atoms with Gasteiger partial charge in [0, 0.05) is 10.8 Å². The molecule has 0 bridgehead atoms. The molecule has 50 heavy (non-hydrogen) atoms. The number of fused-ring (bicyclic) bond motifs is 10. The summed E-state index contributed by atoms with van der Waals surface area (Å²) >= 11 is 0. The predicted molar refractivity (Wildman–Crippen MR) is 216 cm³/mol. The van der Waals surface area contributed by atoms with Gasteiger partial charge < -0.3 is 0 Å². The molecule has 0 amide bonds. The molecule has 0 aromatic heterocycles. The SMILES string of the molecule is CC1(C)c2cc3c(-c4ccccc4)c4ccccc4c(-c4ccccc4)c3cc2C(C)(C)c2cc3c4ccccc4c4ccccc4c3cc21. The molecule has 9 aromatic rings. The zero-order valence-electron chi connectivity index (χ0n) is 29.0. The van der Waals surface area contributed by atoms with Crippen molar-refractivity contribution in [2.24, 2.45) is 0 Å². The van der Waals surface area contributed by atoms with Crippen molar-refractivity contribution >= 4 is 53.9 Å². The van der Waals surface area contributed by atoms with E-state index in [0.717, 1.165) is 0 Å². The first-order chi connectivity index (χ1) is 24.3. The molecule has 0 fully saturated rings. The van der Waals surface area contributed by atoms with E-state index in [1.54, 1.807) is 0 Å². The normalized spacial score (nSPS) is 14.7. The highest BCUT2D eigenvalue weighted by molar-refractivity contribution is 6.26. The summed E-state index contributed by atoms with van der Waals surface area (Å²) in [7, 11) is 0. The highest BCUT2D eigenvalue weighted by Gasteiger charge is 2.42. The fourth-order valence-corrected chi connectivity index (χ4v) is 9.36. The van der Waals surface area contributed by atoms with Gasteiger partial charge in [0.05, 0.1) is 0 Å². The van der Waals surface area contributed by atoms with Crippen LogP contribution in [0.1, 0.15) is 49.9 Å². The molecule has 1 aliphatic carbocycles. The summed E-state index contributed by atoms with van der Waals surface area (Å²) in [5.74, 6) is 0. The maximum atomic E-state index is 2.57. The van der Waals surface area contributed by atoms with E-state index in [1.807, 2.05) is 0 Å². The average molecular weight is 639 g/mol. The van der Waals surface area contributed by atoms with Crippen molar-refractivity contribution in [3.63, 3.8) is 0 Å². The number of benzene rings is 9. The van der Waals surface area contributed by atoms with Gasteiger partial charge in [-0.2, -0.15) is 0 Å². The summed E-state index contributed by atoms with van der Waals surface area (Å²) in [6, 6.07) is 59.1. The summed E-state index contributed by atoms with van der Waals surface area (Å²) in [5, 5.41) is 13.2. The van der Waals surface area contributed by atoms with E-state index in [4.69, 9.17) is 0 Å². The molecule has 1 aliphatic rings. The Morgan fingerprint density at radius 2 is 0.520 bits per heavy atom. The Morgan fingerprint density at radius 3 is 0.860 bits per heavy atom. The first-order valence-electron chi connectivity index (χ1n) is 17.9. The van der Waals surface area contributed by atoms with Crippen molar-refractivity contribution in [3.05, 3.63) is 180 Å². The van der Waals surface area contributed by atoms with Crippen LogP contribution in [0.5, 0.6) is 0 Å². The molecule has 9 aromatic carbocycles. The molecule has 0 heterocycles. The van der Waals surface area contributed by atoms with Gasteiger partial charge in [0.2, 0.25) is 0 Å². The van der Waals surface area contributed by atoms with Gasteiger partial charge in [-0.1, -0.05) is 161 Å². The van der Waals surface area contributed by atoms with Crippen molar-refractivity contribution in [1.29, 1.82) is 0 Å². The third-order valence-electron chi connectivity index (χ3n) is 11.9. The Kier molecular flexibility index (Phi) is 6.07. The molecule has 0 atom stereocenters. The third-order valence-corrected chi connectivity index (χ3v) is 11.9. The lowest BCUT2D eigenvalue weighted by atomic mass is 9.59. The Hall–Kier alpha value is -5.72. The van der Waals surface area contributed by atoms with E-state index >= 15 is 0 Å². The fourth-order valence-electron chi connectivity index (χ4n) is 9.36. The lowest BCUT2D eigenvalue weighted by Gasteiger charge is -2.44. The lowest BCUT2D eigenvalue weighted by Crippen LogP contribution is -2.36. The molecule has 0 radical (unpaired) electrons. The zero-order chi connectivity index (χ0) is 33.8. The smallest absolute Gasteiger partial charge is 0.0153 e. The Balaban J connectivity index is 1.37. The fraction of sp³-hybridized carbons (Fsp3) is 0.120. The lowest BCUT2D eigenvalue weighted by molar-refractivity contribution is 0.523. The molecule has 0 aliphatic heterocycles. The molecule has 0 heteroatoms. The molecular weight excluding hydrogens is 601 g/mol. The standard InChI is InChI=1S/C50H38/c1-49(2)43-27-39-35-23-13-11-21-33(35)34-22-12-14-24-36(34)40(39)28-44(43)50(3,4)46-30-42-41(29-45(46)49)47(31-17-7-5-8-18-31)37-25-15-16-26-38(37)48(42)32-19-9-6-10-20-32/h5-30H,1-4H3. The second kappa shape index (κ2) is 10.4. The quantitative estimate of drug-likeness (QED) is 0.131. The van der Waals surface area contributed by atoms with Crippen LogP contribution in [-0.2, 0) is 10.8 Å². The molecule has 0 saturated heterocycles. The van der Waals surface area contributed by atoms with Gasteiger partial charge in [-0.3, -0.25) is 0 Å². The maximum Gasteiger partial charge on any atom is 0.0153 e. The number of hydrogen-bond donors (Lipinski definition) is 0. The van der Waals surface area contributed by atoms with Crippen LogP contribution in [0.2, 0.25) is 0 Å². The van der Waals surface area contributed by atoms with Crippen LogP contribution < -0.4 is 0 Å². The molecular formula is C50H38. The molecule has 238 valence electrons. The van der Waals surface area contributed by atoms with E-state index < -0.39 is 0 Å². The minimum Gasteiger partial charge on any atom is -0.0622 e. The first-order valence-corrected chi connectivity index (χ1v) is 17.9. The summed E-state index contributed by atoms with van der Waals surface area (Å²) in [6.45, 7) is 9.79. The largest absolute Gasteiger partial charge is 0.0622 e. The summed E-state index contributed by atoms with van der Waals surface area (Å²) in [6.07, 6.45) is 0.